The second-order valence-electron chi connectivity index (χ2n) is 5.26. The molecule has 1 N–H and O–H groups in total. The molecule has 106 valence electrons. The van der Waals surface area contributed by atoms with Crippen molar-refractivity contribution >= 4 is 0 Å². The molecule has 1 aromatic carbocycles. The summed E-state index contributed by atoms with van der Waals surface area (Å²) in [5, 5.41) is 3.54. The maximum atomic E-state index is 5.39. The maximum Gasteiger partial charge on any atom is 0.137 e. The SMILES string of the molecule is CCOc1ccc(CNC(C)(C)c2ccccc2)nc1. The Labute approximate surface area is 121 Å². The lowest BCUT2D eigenvalue weighted by atomic mass is 9.94. The number of benzene rings is 1. The molecule has 0 atom stereocenters. The van der Waals surface area contributed by atoms with E-state index in [-0.39, 0.29) is 5.54 Å². The van der Waals surface area contributed by atoms with Crippen LogP contribution in [0.5, 0.6) is 5.75 Å². The molecule has 2 rings (SSSR count). The van der Waals surface area contributed by atoms with Crippen LogP contribution in [0.2, 0.25) is 0 Å². The normalized spacial score (nSPS) is 11.3. The van der Waals surface area contributed by atoms with Gasteiger partial charge >= 0.3 is 0 Å². The molecule has 1 heterocycles. The van der Waals surface area contributed by atoms with E-state index in [0.717, 1.165) is 18.0 Å². The molecule has 0 radical (unpaired) electrons. The quantitative estimate of drug-likeness (QED) is 0.872. The summed E-state index contributed by atoms with van der Waals surface area (Å²) in [5.74, 6) is 0.818. The average molecular weight is 270 g/mol. The highest BCUT2D eigenvalue weighted by Crippen LogP contribution is 2.20. The first-order valence-corrected chi connectivity index (χ1v) is 7.00. The fraction of sp³-hybridized carbons (Fsp3) is 0.353. The van der Waals surface area contributed by atoms with Crippen molar-refractivity contribution in [3.05, 3.63) is 59.9 Å². The standard InChI is InChI=1S/C17H22N2O/c1-4-20-16-11-10-15(18-13-16)12-19-17(2,3)14-8-6-5-7-9-14/h5-11,13,19H,4,12H2,1-3H3. The van der Waals surface area contributed by atoms with Crippen molar-refractivity contribution in [3.8, 4) is 5.75 Å². The van der Waals surface area contributed by atoms with E-state index in [4.69, 9.17) is 4.74 Å². The predicted octanol–water partition coefficient (Wildman–Crippen LogP) is 3.51. The second kappa shape index (κ2) is 6.53. The van der Waals surface area contributed by atoms with E-state index in [0.29, 0.717) is 6.61 Å². The van der Waals surface area contributed by atoms with Crippen LogP contribution in [0, 0.1) is 0 Å². The zero-order valence-corrected chi connectivity index (χ0v) is 12.4. The summed E-state index contributed by atoms with van der Waals surface area (Å²) >= 11 is 0. The zero-order chi connectivity index (χ0) is 14.4. The largest absolute Gasteiger partial charge is 0.492 e. The van der Waals surface area contributed by atoms with Crippen LogP contribution in [0.25, 0.3) is 0 Å². The Kier molecular flexibility index (Phi) is 4.74. The predicted molar refractivity (Wildman–Crippen MR) is 81.7 cm³/mol. The number of nitrogens with one attached hydrogen (secondary N) is 1. The minimum Gasteiger partial charge on any atom is -0.492 e. The Morgan fingerprint density at radius 3 is 2.45 bits per heavy atom. The van der Waals surface area contributed by atoms with E-state index < -0.39 is 0 Å². The summed E-state index contributed by atoms with van der Waals surface area (Å²) in [7, 11) is 0. The van der Waals surface area contributed by atoms with E-state index in [1.54, 1.807) is 6.20 Å². The first-order valence-electron chi connectivity index (χ1n) is 7.00. The van der Waals surface area contributed by atoms with E-state index in [2.05, 4.69) is 48.4 Å². The monoisotopic (exact) mass is 270 g/mol. The molecular formula is C17H22N2O. The second-order valence-corrected chi connectivity index (χ2v) is 5.26. The summed E-state index contributed by atoms with van der Waals surface area (Å²) in [4.78, 5) is 4.41. The highest BCUT2D eigenvalue weighted by Gasteiger charge is 2.19. The summed E-state index contributed by atoms with van der Waals surface area (Å²) in [5.41, 5.74) is 2.20. The van der Waals surface area contributed by atoms with Gasteiger partial charge in [-0.1, -0.05) is 30.3 Å². The van der Waals surface area contributed by atoms with E-state index >= 15 is 0 Å². The van der Waals surface area contributed by atoms with Gasteiger partial charge < -0.3 is 10.1 Å². The van der Waals surface area contributed by atoms with Crippen molar-refractivity contribution in [2.24, 2.45) is 0 Å². The lowest BCUT2D eigenvalue weighted by molar-refractivity contribution is 0.338. The van der Waals surface area contributed by atoms with Crippen LogP contribution >= 0.6 is 0 Å². The molecular weight excluding hydrogens is 248 g/mol. The van der Waals surface area contributed by atoms with Crippen molar-refractivity contribution in [1.29, 1.82) is 0 Å². The maximum absolute atomic E-state index is 5.39. The molecule has 0 saturated carbocycles. The smallest absolute Gasteiger partial charge is 0.137 e. The Morgan fingerprint density at radius 2 is 1.85 bits per heavy atom. The molecule has 2 aromatic rings. The first kappa shape index (κ1) is 14.5. The van der Waals surface area contributed by atoms with Gasteiger partial charge in [-0.15, -0.1) is 0 Å². The molecule has 0 aliphatic rings. The van der Waals surface area contributed by atoms with Crippen LogP contribution in [-0.2, 0) is 12.1 Å². The topological polar surface area (TPSA) is 34.1 Å². The summed E-state index contributed by atoms with van der Waals surface area (Å²) in [6, 6.07) is 14.4. The van der Waals surface area contributed by atoms with Crippen molar-refractivity contribution < 1.29 is 4.74 Å². The Balaban J connectivity index is 1.97. The van der Waals surface area contributed by atoms with Gasteiger partial charge in [-0.05, 0) is 38.5 Å². The first-order chi connectivity index (χ1) is 9.62. The van der Waals surface area contributed by atoms with E-state index in [1.807, 2.05) is 25.1 Å². The fourth-order valence-electron chi connectivity index (χ4n) is 2.04. The van der Waals surface area contributed by atoms with Crippen molar-refractivity contribution in [3.63, 3.8) is 0 Å². The zero-order valence-electron chi connectivity index (χ0n) is 12.4. The molecule has 3 heteroatoms. The van der Waals surface area contributed by atoms with Gasteiger partial charge in [-0.2, -0.15) is 0 Å². The molecule has 0 aliphatic heterocycles. The summed E-state index contributed by atoms with van der Waals surface area (Å²) in [6.07, 6.45) is 1.77. The van der Waals surface area contributed by atoms with Gasteiger partial charge in [0.1, 0.15) is 5.75 Å². The number of rotatable bonds is 6. The average Bonchev–Trinajstić information content (AvgIpc) is 2.48. The Bertz CT molecular complexity index is 520. The van der Waals surface area contributed by atoms with Gasteiger partial charge in [0.25, 0.3) is 0 Å². The van der Waals surface area contributed by atoms with E-state index in [1.165, 1.54) is 5.56 Å². The van der Waals surface area contributed by atoms with Crippen LogP contribution in [-0.4, -0.2) is 11.6 Å². The highest BCUT2D eigenvalue weighted by molar-refractivity contribution is 5.23. The Morgan fingerprint density at radius 1 is 1.10 bits per heavy atom. The molecule has 1 aromatic heterocycles. The third-order valence-corrected chi connectivity index (χ3v) is 3.32. The summed E-state index contributed by atoms with van der Waals surface area (Å²) < 4.78 is 5.39. The van der Waals surface area contributed by atoms with Crippen molar-refractivity contribution in [1.82, 2.24) is 10.3 Å². The van der Waals surface area contributed by atoms with Gasteiger partial charge in [0.2, 0.25) is 0 Å². The molecule has 0 fully saturated rings. The van der Waals surface area contributed by atoms with E-state index in [9.17, 15) is 0 Å². The summed E-state index contributed by atoms with van der Waals surface area (Å²) in [6.45, 7) is 7.72. The molecule has 3 nitrogen and oxygen atoms in total. The number of nitrogens with zero attached hydrogens (tertiary/aromatic N) is 1. The van der Waals surface area contributed by atoms with Crippen molar-refractivity contribution in [2.45, 2.75) is 32.9 Å². The van der Waals surface area contributed by atoms with Crippen LogP contribution in [0.15, 0.2) is 48.7 Å². The third-order valence-electron chi connectivity index (χ3n) is 3.32. The highest BCUT2D eigenvalue weighted by atomic mass is 16.5. The molecule has 0 spiro atoms. The van der Waals surface area contributed by atoms with Crippen molar-refractivity contribution in [2.75, 3.05) is 6.61 Å². The number of ether oxygens (including phenoxy) is 1. The van der Waals surface area contributed by atoms with Crippen LogP contribution < -0.4 is 10.1 Å². The molecule has 0 amide bonds. The number of pyridine rings is 1. The lowest BCUT2D eigenvalue weighted by Gasteiger charge is -2.27. The molecule has 0 bridgehead atoms. The third kappa shape index (κ3) is 3.81. The van der Waals surface area contributed by atoms with Crippen LogP contribution in [0.4, 0.5) is 0 Å². The molecule has 20 heavy (non-hydrogen) atoms. The van der Waals surface area contributed by atoms with Gasteiger partial charge in [-0.25, -0.2) is 0 Å². The number of aromatic nitrogens is 1. The fourth-order valence-corrected chi connectivity index (χ4v) is 2.04. The van der Waals surface area contributed by atoms with Crippen LogP contribution in [0.3, 0.4) is 0 Å². The lowest BCUT2D eigenvalue weighted by Crippen LogP contribution is -2.36. The minimum atomic E-state index is -0.0818. The molecule has 0 unspecified atom stereocenters. The molecule has 0 saturated heterocycles. The Hall–Kier alpha value is -1.87. The van der Waals surface area contributed by atoms with Gasteiger partial charge in [0.05, 0.1) is 18.5 Å². The number of hydrogen-bond acceptors (Lipinski definition) is 3. The number of hydrogen-bond donors (Lipinski definition) is 1. The van der Waals surface area contributed by atoms with Gasteiger partial charge in [0, 0.05) is 12.1 Å². The minimum absolute atomic E-state index is 0.0818. The molecule has 0 aliphatic carbocycles. The van der Waals surface area contributed by atoms with Crippen LogP contribution in [0.1, 0.15) is 32.0 Å². The van der Waals surface area contributed by atoms with Gasteiger partial charge in [-0.3, -0.25) is 4.98 Å². The van der Waals surface area contributed by atoms with Gasteiger partial charge in [0.15, 0.2) is 0 Å².